The average Bonchev–Trinajstić information content (AvgIpc) is 2.77. The molecule has 0 saturated heterocycles. The second-order valence-electron chi connectivity index (χ2n) is 8.07. The van der Waals surface area contributed by atoms with E-state index < -0.39 is 11.8 Å². The fourth-order valence-corrected chi connectivity index (χ4v) is 3.17. The molecule has 0 aliphatic heterocycles. The highest BCUT2D eigenvalue weighted by atomic mass is 19.1. The highest BCUT2D eigenvalue weighted by Gasteiger charge is 2.32. The van der Waals surface area contributed by atoms with Crippen molar-refractivity contribution in [2.75, 3.05) is 46.1 Å². The van der Waals surface area contributed by atoms with E-state index >= 15 is 4.39 Å². The molecular weight excluding hydrogens is 395 g/mol. The lowest BCUT2D eigenvalue weighted by Gasteiger charge is -2.33. The Kier molecular flexibility index (Phi) is 11.7. The molecule has 0 aliphatic carbocycles. The maximum atomic E-state index is 15.3. The van der Waals surface area contributed by atoms with Crippen LogP contribution in [0.2, 0.25) is 0 Å². The molecule has 2 N–H and O–H groups in total. The van der Waals surface area contributed by atoms with Crippen molar-refractivity contribution in [2.24, 2.45) is 5.73 Å². The van der Waals surface area contributed by atoms with Gasteiger partial charge >= 0.3 is 0 Å². The second-order valence-corrected chi connectivity index (χ2v) is 8.07. The van der Waals surface area contributed by atoms with E-state index in [0.717, 1.165) is 11.1 Å². The van der Waals surface area contributed by atoms with Gasteiger partial charge in [-0.2, -0.15) is 0 Å². The Balaban J connectivity index is 1.84. The van der Waals surface area contributed by atoms with Gasteiger partial charge in [-0.15, -0.1) is 0 Å². The summed E-state index contributed by atoms with van der Waals surface area (Å²) in [5.74, 6) is 0. The van der Waals surface area contributed by atoms with Crippen molar-refractivity contribution in [2.45, 2.75) is 38.7 Å². The summed E-state index contributed by atoms with van der Waals surface area (Å²) in [7, 11) is 0. The van der Waals surface area contributed by atoms with E-state index in [-0.39, 0.29) is 6.54 Å². The van der Waals surface area contributed by atoms with Crippen LogP contribution in [-0.4, -0.2) is 62.8 Å². The Morgan fingerprint density at radius 3 is 1.81 bits per heavy atom. The summed E-state index contributed by atoms with van der Waals surface area (Å²) in [6, 6.07) is 20.3. The first-order chi connectivity index (χ1) is 15.0. The van der Waals surface area contributed by atoms with Gasteiger partial charge < -0.3 is 19.9 Å². The summed E-state index contributed by atoms with van der Waals surface area (Å²) in [6.07, 6.45) is -1.15. The molecule has 0 amide bonds. The molecule has 2 aromatic rings. The molecule has 0 bridgehead atoms. The van der Waals surface area contributed by atoms with Crippen LogP contribution in [0.3, 0.4) is 0 Å². The van der Waals surface area contributed by atoms with Crippen LogP contribution in [0.5, 0.6) is 0 Å². The van der Waals surface area contributed by atoms with E-state index in [1.807, 2.05) is 36.4 Å². The number of halogens is 1. The molecule has 0 unspecified atom stereocenters. The predicted octanol–water partition coefficient (Wildman–Crippen LogP) is 3.81. The summed E-state index contributed by atoms with van der Waals surface area (Å²) >= 11 is 0. The Hall–Kier alpha value is -1.83. The maximum Gasteiger partial charge on any atom is 0.141 e. The monoisotopic (exact) mass is 432 g/mol. The topological polar surface area (TPSA) is 57.0 Å². The normalized spacial score (nSPS) is 12.9. The van der Waals surface area contributed by atoms with Gasteiger partial charge in [0.25, 0.3) is 0 Å². The molecule has 0 fully saturated rings. The number of alkyl halides is 1. The number of nitrogens with two attached hydrogens (primary N) is 1. The van der Waals surface area contributed by atoms with Gasteiger partial charge in [0.1, 0.15) is 6.17 Å². The fourth-order valence-electron chi connectivity index (χ4n) is 3.17. The van der Waals surface area contributed by atoms with Crippen LogP contribution in [0.4, 0.5) is 4.39 Å². The molecule has 0 saturated carbocycles. The first kappa shape index (κ1) is 25.4. The molecule has 0 spiro atoms. The van der Waals surface area contributed by atoms with E-state index in [1.54, 1.807) is 13.8 Å². The van der Waals surface area contributed by atoms with E-state index in [1.165, 1.54) is 0 Å². The van der Waals surface area contributed by atoms with Crippen molar-refractivity contribution >= 4 is 0 Å². The van der Waals surface area contributed by atoms with Crippen molar-refractivity contribution in [3.05, 3.63) is 71.8 Å². The average molecular weight is 433 g/mol. The number of hydrogen-bond donors (Lipinski definition) is 1. The minimum Gasteiger partial charge on any atom is -0.378 e. The van der Waals surface area contributed by atoms with Crippen LogP contribution < -0.4 is 5.73 Å². The Morgan fingerprint density at radius 2 is 1.29 bits per heavy atom. The molecule has 0 heterocycles. The number of benzene rings is 2. The minimum atomic E-state index is -1.15. The third-order valence-electron chi connectivity index (χ3n) is 5.01. The smallest absolute Gasteiger partial charge is 0.141 e. The van der Waals surface area contributed by atoms with Crippen LogP contribution in [-0.2, 0) is 27.3 Å². The molecule has 172 valence electrons. The summed E-state index contributed by atoms with van der Waals surface area (Å²) in [5, 5.41) is 0. The van der Waals surface area contributed by atoms with E-state index in [2.05, 4.69) is 29.2 Å². The third kappa shape index (κ3) is 10.4. The third-order valence-corrected chi connectivity index (χ3v) is 5.01. The van der Waals surface area contributed by atoms with Gasteiger partial charge in [0.15, 0.2) is 0 Å². The van der Waals surface area contributed by atoms with Gasteiger partial charge in [-0.25, -0.2) is 4.39 Å². The standard InChI is InChI=1S/C25H37FN2O3/c1-25(2,31-18-17-30-16-15-29-14-13-27)24(26)21-28(19-22-9-5-3-6-10-22)20-23-11-7-4-8-12-23/h3-12,24H,13-21,27H2,1-2H3/t24-/m0/s1. The lowest BCUT2D eigenvalue weighted by atomic mass is 10.0. The number of nitrogens with zero attached hydrogens (tertiary/aromatic N) is 1. The summed E-state index contributed by atoms with van der Waals surface area (Å²) in [4.78, 5) is 2.13. The zero-order valence-corrected chi connectivity index (χ0v) is 18.8. The molecule has 0 radical (unpaired) electrons. The Labute approximate surface area is 186 Å². The summed E-state index contributed by atoms with van der Waals surface area (Å²) < 4.78 is 31.9. The molecule has 1 atom stereocenters. The number of hydrogen-bond acceptors (Lipinski definition) is 5. The fraction of sp³-hybridized carbons (Fsp3) is 0.520. The van der Waals surface area contributed by atoms with Crippen LogP contribution in [0.1, 0.15) is 25.0 Å². The van der Waals surface area contributed by atoms with Gasteiger partial charge in [-0.3, -0.25) is 4.90 Å². The van der Waals surface area contributed by atoms with Crippen LogP contribution >= 0.6 is 0 Å². The highest BCUT2D eigenvalue weighted by Crippen LogP contribution is 2.21. The van der Waals surface area contributed by atoms with Crippen LogP contribution in [0.25, 0.3) is 0 Å². The maximum absolute atomic E-state index is 15.3. The van der Waals surface area contributed by atoms with E-state index in [0.29, 0.717) is 52.7 Å². The largest absolute Gasteiger partial charge is 0.378 e. The van der Waals surface area contributed by atoms with Crippen LogP contribution in [0, 0.1) is 0 Å². The van der Waals surface area contributed by atoms with Crippen molar-refractivity contribution in [1.82, 2.24) is 4.90 Å². The Bertz CT molecular complexity index is 659. The van der Waals surface area contributed by atoms with Gasteiger partial charge in [-0.05, 0) is 25.0 Å². The van der Waals surface area contributed by atoms with Gasteiger partial charge in [-0.1, -0.05) is 60.7 Å². The molecular formula is C25H37FN2O3. The van der Waals surface area contributed by atoms with Crippen molar-refractivity contribution in [1.29, 1.82) is 0 Å². The van der Waals surface area contributed by atoms with Gasteiger partial charge in [0.05, 0.1) is 38.6 Å². The molecule has 0 aromatic heterocycles. The second kappa shape index (κ2) is 14.3. The first-order valence-electron chi connectivity index (χ1n) is 10.9. The van der Waals surface area contributed by atoms with Gasteiger partial charge in [0, 0.05) is 26.2 Å². The van der Waals surface area contributed by atoms with Gasteiger partial charge in [0.2, 0.25) is 0 Å². The SMILES string of the molecule is CC(C)(OCCOCCOCCN)[C@@H](F)CN(Cc1ccccc1)Cc1ccccc1. The number of rotatable bonds is 16. The quantitative estimate of drug-likeness (QED) is 0.409. The van der Waals surface area contributed by atoms with E-state index in [4.69, 9.17) is 19.9 Å². The van der Waals surface area contributed by atoms with Crippen LogP contribution in [0.15, 0.2) is 60.7 Å². The molecule has 31 heavy (non-hydrogen) atoms. The molecule has 0 aliphatic rings. The zero-order valence-electron chi connectivity index (χ0n) is 18.8. The van der Waals surface area contributed by atoms with Crippen molar-refractivity contribution in [3.63, 3.8) is 0 Å². The molecule has 2 rings (SSSR count). The highest BCUT2D eigenvalue weighted by molar-refractivity contribution is 5.17. The predicted molar refractivity (Wildman–Crippen MR) is 123 cm³/mol. The lowest BCUT2D eigenvalue weighted by Crippen LogP contribution is -2.44. The number of ether oxygens (including phenoxy) is 3. The van der Waals surface area contributed by atoms with Crippen molar-refractivity contribution < 1.29 is 18.6 Å². The first-order valence-corrected chi connectivity index (χ1v) is 10.9. The minimum absolute atomic E-state index is 0.282. The molecule has 2 aromatic carbocycles. The van der Waals surface area contributed by atoms with E-state index in [9.17, 15) is 0 Å². The zero-order chi connectivity index (χ0) is 22.4. The van der Waals surface area contributed by atoms with Crippen molar-refractivity contribution in [3.8, 4) is 0 Å². The molecule has 6 heteroatoms. The summed E-state index contributed by atoms with van der Waals surface area (Å²) in [5.41, 5.74) is 6.77. The molecule has 5 nitrogen and oxygen atoms in total. The summed E-state index contributed by atoms with van der Waals surface area (Å²) in [6.45, 7) is 7.98. The lowest BCUT2D eigenvalue weighted by molar-refractivity contribution is -0.0970. The Morgan fingerprint density at radius 1 is 0.806 bits per heavy atom.